The summed E-state index contributed by atoms with van der Waals surface area (Å²) in [6.07, 6.45) is 0. The number of hydrogen-bond acceptors (Lipinski definition) is 1. The van der Waals surface area contributed by atoms with Gasteiger partial charge >= 0.3 is 0 Å². The lowest BCUT2D eigenvalue weighted by atomic mass is 10.1. The van der Waals surface area contributed by atoms with E-state index >= 15 is 0 Å². The number of nitrogens with zero attached hydrogens (tertiary/aromatic N) is 2. The highest BCUT2D eigenvalue weighted by Gasteiger charge is 2.07. The van der Waals surface area contributed by atoms with Crippen molar-refractivity contribution >= 4 is 10.9 Å². The maximum Gasteiger partial charge on any atom is 0.123 e. The van der Waals surface area contributed by atoms with E-state index in [0.29, 0.717) is 6.54 Å². The highest BCUT2D eigenvalue weighted by Crippen LogP contribution is 2.20. The molecule has 0 atom stereocenters. The van der Waals surface area contributed by atoms with Crippen molar-refractivity contribution in [2.75, 3.05) is 0 Å². The van der Waals surface area contributed by atoms with Crippen LogP contribution in [0, 0.1) is 19.7 Å². The highest BCUT2D eigenvalue weighted by molar-refractivity contribution is 5.82. The third-order valence-electron chi connectivity index (χ3n) is 3.34. The maximum absolute atomic E-state index is 12.9. The van der Waals surface area contributed by atoms with Gasteiger partial charge in [-0.2, -0.15) is 5.10 Å². The Balaban J connectivity index is 2.03. The number of halogens is 1. The van der Waals surface area contributed by atoms with E-state index in [1.807, 2.05) is 11.6 Å². The fourth-order valence-electron chi connectivity index (χ4n) is 2.34. The van der Waals surface area contributed by atoms with Gasteiger partial charge in [0.2, 0.25) is 0 Å². The molecule has 0 aliphatic carbocycles. The van der Waals surface area contributed by atoms with E-state index in [4.69, 9.17) is 0 Å². The van der Waals surface area contributed by atoms with Crippen LogP contribution in [0.25, 0.3) is 10.9 Å². The Kier molecular flexibility index (Phi) is 2.82. The summed E-state index contributed by atoms with van der Waals surface area (Å²) in [4.78, 5) is 0. The second-order valence-corrected chi connectivity index (χ2v) is 4.89. The van der Waals surface area contributed by atoms with Crippen molar-refractivity contribution < 1.29 is 4.39 Å². The Bertz CT molecular complexity index is 726. The standard InChI is InChI=1S/C16H15FN2/c1-11-3-8-16-15(9-11)12(2)18-19(16)10-13-4-6-14(17)7-5-13/h3-9H,10H2,1-2H3. The molecule has 3 aromatic rings. The predicted octanol–water partition coefficient (Wildman–Crippen LogP) is 3.84. The van der Waals surface area contributed by atoms with E-state index in [2.05, 4.69) is 30.2 Å². The molecular formula is C16H15FN2. The van der Waals surface area contributed by atoms with Crippen LogP contribution in [-0.2, 0) is 6.54 Å². The van der Waals surface area contributed by atoms with E-state index in [1.54, 1.807) is 12.1 Å². The van der Waals surface area contributed by atoms with Crippen molar-refractivity contribution in [1.82, 2.24) is 9.78 Å². The fourth-order valence-corrected chi connectivity index (χ4v) is 2.34. The summed E-state index contributed by atoms with van der Waals surface area (Å²) >= 11 is 0. The quantitative estimate of drug-likeness (QED) is 0.679. The van der Waals surface area contributed by atoms with Gasteiger partial charge in [-0.25, -0.2) is 4.39 Å². The molecule has 0 unspecified atom stereocenters. The first-order chi connectivity index (χ1) is 9.13. The topological polar surface area (TPSA) is 17.8 Å². The fraction of sp³-hybridized carbons (Fsp3) is 0.188. The van der Waals surface area contributed by atoms with E-state index < -0.39 is 0 Å². The summed E-state index contributed by atoms with van der Waals surface area (Å²) in [7, 11) is 0. The lowest BCUT2D eigenvalue weighted by Gasteiger charge is -2.04. The summed E-state index contributed by atoms with van der Waals surface area (Å²) < 4.78 is 14.9. The normalized spacial score (nSPS) is 11.1. The second-order valence-electron chi connectivity index (χ2n) is 4.89. The van der Waals surface area contributed by atoms with Gasteiger partial charge in [-0.15, -0.1) is 0 Å². The van der Waals surface area contributed by atoms with Gasteiger partial charge in [0.05, 0.1) is 17.8 Å². The average Bonchev–Trinajstić information content (AvgIpc) is 2.69. The zero-order chi connectivity index (χ0) is 13.4. The van der Waals surface area contributed by atoms with Crippen LogP contribution in [-0.4, -0.2) is 9.78 Å². The molecule has 0 saturated heterocycles. The van der Waals surface area contributed by atoms with Crippen molar-refractivity contribution in [1.29, 1.82) is 0 Å². The molecule has 0 saturated carbocycles. The van der Waals surface area contributed by atoms with Crippen LogP contribution >= 0.6 is 0 Å². The molecule has 3 rings (SSSR count). The molecule has 3 heteroatoms. The first-order valence-electron chi connectivity index (χ1n) is 6.32. The van der Waals surface area contributed by atoms with E-state index in [0.717, 1.165) is 16.8 Å². The molecule has 2 nitrogen and oxygen atoms in total. The molecule has 0 radical (unpaired) electrons. The lowest BCUT2D eigenvalue weighted by molar-refractivity contribution is 0.625. The van der Waals surface area contributed by atoms with Crippen molar-refractivity contribution in [3.63, 3.8) is 0 Å². The van der Waals surface area contributed by atoms with Crippen molar-refractivity contribution in [3.8, 4) is 0 Å². The summed E-state index contributed by atoms with van der Waals surface area (Å²) in [5.74, 6) is -0.208. The third-order valence-corrected chi connectivity index (χ3v) is 3.34. The highest BCUT2D eigenvalue weighted by atomic mass is 19.1. The van der Waals surface area contributed by atoms with Gasteiger partial charge in [0.25, 0.3) is 0 Å². The molecule has 0 fully saturated rings. The number of aryl methyl sites for hydroxylation is 2. The number of fused-ring (bicyclic) bond motifs is 1. The SMILES string of the molecule is Cc1ccc2c(c1)c(C)nn2Cc1ccc(F)cc1. The molecule has 0 spiro atoms. The Labute approximate surface area is 111 Å². The van der Waals surface area contributed by atoms with E-state index in [9.17, 15) is 4.39 Å². The smallest absolute Gasteiger partial charge is 0.123 e. The third kappa shape index (κ3) is 2.24. The zero-order valence-corrected chi connectivity index (χ0v) is 11.0. The first-order valence-corrected chi connectivity index (χ1v) is 6.32. The molecule has 0 N–H and O–H groups in total. The molecular weight excluding hydrogens is 239 g/mol. The second kappa shape index (κ2) is 4.50. The predicted molar refractivity (Wildman–Crippen MR) is 74.7 cm³/mol. The van der Waals surface area contributed by atoms with Crippen LogP contribution in [0.4, 0.5) is 4.39 Å². The van der Waals surface area contributed by atoms with Gasteiger partial charge in [-0.3, -0.25) is 4.68 Å². The number of benzene rings is 2. The minimum absolute atomic E-state index is 0.208. The molecule has 96 valence electrons. The minimum atomic E-state index is -0.208. The van der Waals surface area contributed by atoms with Crippen LogP contribution in [0.15, 0.2) is 42.5 Å². The summed E-state index contributed by atoms with van der Waals surface area (Å²) in [6.45, 7) is 4.76. The van der Waals surface area contributed by atoms with Crippen LogP contribution in [0.5, 0.6) is 0 Å². The average molecular weight is 254 g/mol. The molecule has 0 amide bonds. The Morgan fingerprint density at radius 3 is 2.53 bits per heavy atom. The molecule has 2 aromatic carbocycles. The summed E-state index contributed by atoms with van der Waals surface area (Å²) in [5, 5.41) is 5.75. The minimum Gasteiger partial charge on any atom is -0.260 e. The number of hydrogen-bond donors (Lipinski definition) is 0. The molecule has 0 aliphatic rings. The van der Waals surface area contributed by atoms with Gasteiger partial charge in [-0.1, -0.05) is 23.8 Å². The van der Waals surface area contributed by atoms with E-state index in [-0.39, 0.29) is 5.82 Å². The van der Waals surface area contributed by atoms with E-state index in [1.165, 1.54) is 23.1 Å². The van der Waals surface area contributed by atoms with Crippen LogP contribution in [0.2, 0.25) is 0 Å². The van der Waals surface area contributed by atoms with Crippen LogP contribution < -0.4 is 0 Å². The Morgan fingerprint density at radius 1 is 1.05 bits per heavy atom. The van der Waals surface area contributed by atoms with Crippen molar-refractivity contribution in [2.24, 2.45) is 0 Å². The number of rotatable bonds is 2. The lowest BCUT2D eigenvalue weighted by Crippen LogP contribution is -2.01. The Hall–Kier alpha value is -2.16. The zero-order valence-electron chi connectivity index (χ0n) is 11.0. The van der Waals surface area contributed by atoms with Crippen molar-refractivity contribution in [2.45, 2.75) is 20.4 Å². The van der Waals surface area contributed by atoms with Crippen LogP contribution in [0.3, 0.4) is 0 Å². The van der Waals surface area contributed by atoms with Crippen LogP contribution in [0.1, 0.15) is 16.8 Å². The van der Waals surface area contributed by atoms with Gasteiger partial charge in [-0.05, 0) is 43.7 Å². The molecule has 1 aromatic heterocycles. The van der Waals surface area contributed by atoms with Gasteiger partial charge in [0.1, 0.15) is 5.82 Å². The van der Waals surface area contributed by atoms with Gasteiger partial charge in [0, 0.05) is 5.39 Å². The Morgan fingerprint density at radius 2 is 1.79 bits per heavy atom. The van der Waals surface area contributed by atoms with Gasteiger partial charge in [0.15, 0.2) is 0 Å². The maximum atomic E-state index is 12.9. The van der Waals surface area contributed by atoms with Gasteiger partial charge < -0.3 is 0 Å². The summed E-state index contributed by atoms with van der Waals surface area (Å²) in [6, 6.07) is 12.9. The first kappa shape index (κ1) is 11.9. The molecule has 1 heterocycles. The monoisotopic (exact) mass is 254 g/mol. The van der Waals surface area contributed by atoms with Crippen molar-refractivity contribution in [3.05, 3.63) is 65.1 Å². The molecule has 0 aliphatic heterocycles. The molecule has 0 bridgehead atoms. The largest absolute Gasteiger partial charge is 0.260 e. The summed E-state index contributed by atoms with van der Waals surface area (Å²) in [5.41, 5.74) is 4.43. The molecule has 19 heavy (non-hydrogen) atoms. The number of aromatic nitrogens is 2.